The Kier molecular flexibility index (Phi) is 6.44. The highest BCUT2D eigenvalue weighted by Gasteiger charge is 2.13. The number of fused-ring (bicyclic) bond motifs is 1. The van der Waals surface area contributed by atoms with E-state index < -0.39 is 5.97 Å². The van der Waals surface area contributed by atoms with Crippen molar-refractivity contribution in [2.24, 2.45) is 0 Å². The molecule has 5 nitrogen and oxygen atoms in total. The molecule has 0 fully saturated rings. The van der Waals surface area contributed by atoms with Gasteiger partial charge in [-0.15, -0.1) is 0 Å². The van der Waals surface area contributed by atoms with Crippen LogP contribution in [0, 0.1) is 0 Å². The van der Waals surface area contributed by atoms with E-state index in [9.17, 15) is 9.59 Å². The van der Waals surface area contributed by atoms with E-state index in [4.69, 9.17) is 9.47 Å². The van der Waals surface area contributed by atoms with E-state index in [-0.39, 0.29) is 25.2 Å². The van der Waals surface area contributed by atoms with Crippen molar-refractivity contribution in [3.63, 3.8) is 0 Å². The molecule has 2 rings (SSSR count). The first kappa shape index (κ1) is 17.3. The average molecular weight is 319 g/mol. The molecule has 0 bridgehead atoms. The SMILES string of the molecule is CCC[C@H](C)NC(=O)COC(=O)COc1ccc2c(c1)CCC2. The zero-order chi connectivity index (χ0) is 16.7. The van der Waals surface area contributed by atoms with Crippen LogP contribution in [0.5, 0.6) is 5.75 Å². The number of carbonyl (C=O) groups is 2. The molecule has 5 heteroatoms. The zero-order valence-electron chi connectivity index (χ0n) is 13.9. The second-order valence-electron chi connectivity index (χ2n) is 5.99. The fourth-order valence-electron chi connectivity index (χ4n) is 2.79. The molecular formula is C18H25NO4. The van der Waals surface area contributed by atoms with Crippen LogP contribution in [0.4, 0.5) is 0 Å². The van der Waals surface area contributed by atoms with E-state index in [0.29, 0.717) is 5.75 Å². The topological polar surface area (TPSA) is 64.6 Å². The van der Waals surface area contributed by atoms with Crippen molar-refractivity contribution in [1.29, 1.82) is 0 Å². The van der Waals surface area contributed by atoms with Crippen molar-refractivity contribution >= 4 is 11.9 Å². The molecule has 1 aromatic rings. The Hall–Kier alpha value is -2.04. The van der Waals surface area contributed by atoms with Gasteiger partial charge in [0.15, 0.2) is 13.2 Å². The lowest BCUT2D eigenvalue weighted by atomic mass is 10.1. The van der Waals surface area contributed by atoms with E-state index in [2.05, 4.69) is 12.2 Å². The lowest BCUT2D eigenvalue weighted by Gasteiger charge is -2.13. The van der Waals surface area contributed by atoms with Gasteiger partial charge in [0.05, 0.1) is 0 Å². The number of amides is 1. The van der Waals surface area contributed by atoms with Crippen molar-refractivity contribution in [3.8, 4) is 5.75 Å². The molecule has 23 heavy (non-hydrogen) atoms. The Labute approximate surface area is 137 Å². The normalized spacial score (nSPS) is 14.0. The van der Waals surface area contributed by atoms with Crippen LogP contribution in [0.2, 0.25) is 0 Å². The minimum Gasteiger partial charge on any atom is -0.482 e. The number of ether oxygens (including phenoxy) is 2. The zero-order valence-corrected chi connectivity index (χ0v) is 13.9. The first-order valence-corrected chi connectivity index (χ1v) is 8.28. The van der Waals surface area contributed by atoms with Gasteiger partial charge >= 0.3 is 5.97 Å². The monoisotopic (exact) mass is 319 g/mol. The number of hydrogen-bond acceptors (Lipinski definition) is 4. The van der Waals surface area contributed by atoms with E-state index in [1.165, 1.54) is 17.5 Å². The smallest absolute Gasteiger partial charge is 0.344 e. The van der Waals surface area contributed by atoms with Crippen molar-refractivity contribution in [2.75, 3.05) is 13.2 Å². The number of esters is 1. The molecule has 0 spiro atoms. The van der Waals surface area contributed by atoms with Gasteiger partial charge in [-0.1, -0.05) is 19.4 Å². The van der Waals surface area contributed by atoms with Crippen LogP contribution in [-0.2, 0) is 27.2 Å². The second kappa shape index (κ2) is 8.56. The number of carbonyl (C=O) groups excluding carboxylic acids is 2. The number of hydrogen-bond donors (Lipinski definition) is 1. The van der Waals surface area contributed by atoms with Crippen molar-refractivity contribution < 1.29 is 19.1 Å². The van der Waals surface area contributed by atoms with Gasteiger partial charge in [0.25, 0.3) is 5.91 Å². The number of aryl methyl sites for hydroxylation is 2. The summed E-state index contributed by atoms with van der Waals surface area (Å²) in [6, 6.07) is 5.99. The van der Waals surface area contributed by atoms with Crippen molar-refractivity contribution in [3.05, 3.63) is 29.3 Å². The van der Waals surface area contributed by atoms with Crippen LogP contribution < -0.4 is 10.1 Å². The minimum atomic E-state index is -0.538. The summed E-state index contributed by atoms with van der Waals surface area (Å²) in [4.78, 5) is 23.2. The van der Waals surface area contributed by atoms with Gasteiger partial charge in [0.2, 0.25) is 0 Å². The summed E-state index contributed by atoms with van der Waals surface area (Å²) in [5.74, 6) is -0.149. The summed E-state index contributed by atoms with van der Waals surface area (Å²) in [6.45, 7) is 3.54. The van der Waals surface area contributed by atoms with Crippen LogP contribution in [-0.4, -0.2) is 31.1 Å². The van der Waals surface area contributed by atoms with Gasteiger partial charge in [-0.05, 0) is 55.9 Å². The third kappa shape index (κ3) is 5.58. The molecular weight excluding hydrogens is 294 g/mol. The Morgan fingerprint density at radius 1 is 1.22 bits per heavy atom. The maximum absolute atomic E-state index is 11.6. The van der Waals surface area contributed by atoms with E-state index in [1.54, 1.807) is 0 Å². The Balaban J connectivity index is 1.68. The number of benzene rings is 1. The lowest BCUT2D eigenvalue weighted by molar-refractivity contribution is -0.150. The summed E-state index contributed by atoms with van der Waals surface area (Å²) in [6.07, 6.45) is 5.25. The molecule has 0 heterocycles. The highest BCUT2D eigenvalue weighted by Crippen LogP contribution is 2.25. The quantitative estimate of drug-likeness (QED) is 0.747. The van der Waals surface area contributed by atoms with Crippen molar-refractivity contribution in [2.45, 2.75) is 52.0 Å². The molecule has 0 saturated carbocycles. The van der Waals surface area contributed by atoms with Gasteiger partial charge in [0.1, 0.15) is 5.75 Å². The first-order valence-electron chi connectivity index (χ1n) is 8.28. The molecule has 1 aliphatic carbocycles. The van der Waals surface area contributed by atoms with Crippen LogP contribution >= 0.6 is 0 Å². The highest BCUT2D eigenvalue weighted by molar-refractivity contribution is 5.81. The van der Waals surface area contributed by atoms with E-state index in [1.807, 2.05) is 25.1 Å². The van der Waals surface area contributed by atoms with E-state index >= 15 is 0 Å². The maximum atomic E-state index is 11.6. The van der Waals surface area contributed by atoms with Crippen LogP contribution in [0.1, 0.15) is 44.2 Å². The summed E-state index contributed by atoms with van der Waals surface area (Å²) >= 11 is 0. The standard InChI is InChI=1S/C18H25NO4/c1-3-5-13(2)19-17(20)11-23-18(21)12-22-16-9-8-14-6-4-7-15(14)10-16/h8-10,13H,3-7,11-12H2,1-2H3,(H,19,20)/t13-/m0/s1. The first-order chi connectivity index (χ1) is 11.1. The molecule has 1 aromatic carbocycles. The number of rotatable bonds is 8. The molecule has 1 aliphatic rings. The molecule has 0 radical (unpaired) electrons. The largest absolute Gasteiger partial charge is 0.482 e. The summed E-state index contributed by atoms with van der Waals surface area (Å²) in [5.41, 5.74) is 2.65. The third-order valence-electron chi connectivity index (χ3n) is 3.92. The molecule has 0 unspecified atom stereocenters. The van der Waals surface area contributed by atoms with Gasteiger partial charge in [0, 0.05) is 6.04 Å². The van der Waals surface area contributed by atoms with Crippen LogP contribution in [0.25, 0.3) is 0 Å². The van der Waals surface area contributed by atoms with Gasteiger partial charge in [-0.25, -0.2) is 4.79 Å². The van der Waals surface area contributed by atoms with E-state index in [0.717, 1.165) is 25.7 Å². The van der Waals surface area contributed by atoms with Gasteiger partial charge in [-0.2, -0.15) is 0 Å². The third-order valence-corrected chi connectivity index (χ3v) is 3.92. The lowest BCUT2D eigenvalue weighted by Crippen LogP contribution is -2.36. The highest BCUT2D eigenvalue weighted by atomic mass is 16.6. The summed E-state index contributed by atoms with van der Waals surface area (Å²) in [5, 5.41) is 2.78. The Bertz CT molecular complexity index is 556. The predicted molar refractivity (Wildman–Crippen MR) is 87.4 cm³/mol. The minimum absolute atomic E-state index is 0.0915. The maximum Gasteiger partial charge on any atom is 0.344 e. The fourth-order valence-corrected chi connectivity index (χ4v) is 2.79. The molecule has 126 valence electrons. The second-order valence-corrected chi connectivity index (χ2v) is 5.99. The van der Waals surface area contributed by atoms with Crippen LogP contribution in [0.3, 0.4) is 0 Å². The predicted octanol–water partition coefficient (Wildman–Crippen LogP) is 2.40. The summed E-state index contributed by atoms with van der Waals surface area (Å²) in [7, 11) is 0. The van der Waals surface area contributed by atoms with Gasteiger partial charge < -0.3 is 14.8 Å². The summed E-state index contributed by atoms with van der Waals surface area (Å²) < 4.78 is 10.4. The molecule has 1 atom stereocenters. The Morgan fingerprint density at radius 2 is 2.00 bits per heavy atom. The molecule has 1 N–H and O–H groups in total. The van der Waals surface area contributed by atoms with Crippen LogP contribution in [0.15, 0.2) is 18.2 Å². The van der Waals surface area contributed by atoms with Gasteiger partial charge in [-0.3, -0.25) is 4.79 Å². The fraction of sp³-hybridized carbons (Fsp3) is 0.556. The Morgan fingerprint density at radius 3 is 2.78 bits per heavy atom. The molecule has 0 saturated heterocycles. The molecule has 0 aliphatic heterocycles. The van der Waals surface area contributed by atoms with Crippen molar-refractivity contribution in [1.82, 2.24) is 5.32 Å². The average Bonchev–Trinajstić information content (AvgIpc) is 2.98. The molecule has 0 aromatic heterocycles. The molecule has 1 amide bonds. The number of nitrogens with one attached hydrogen (secondary N) is 1.